The van der Waals surface area contributed by atoms with Crippen molar-refractivity contribution in [3.05, 3.63) is 53.4 Å². The SMILES string of the molecule is COC[N+](=O)c1nc2ccc(Sc3ccccc3)cc2[nH]1. The molecule has 0 aliphatic carbocycles. The smallest absolute Gasteiger partial charge is 0.348 e. The number of benzene rings is 2. The number of aromatic amines is 1. The van der Waals surface area contributed by atoms with Gasteiger partial charge < -0.3 is 4.74 Å². The summed E-state index contributed by atoms with van der Waals surface area (Å²) in [5.74, 6) is 0.258. The molecule has 2 aromatic carbocycles. The van der Waals surface area contributed by atoms with Gasteiger partial charge in [-0.15, -0.1) is 0 Å². The van der Waals surface area contributed by atoms with E-state index in [0.29, 0.717) is 4.76 Å². The van der Waals surface area contributed by atoms with Gasteiger partial charge in [-0.2, -0.15) is 0 Å². The van der Waals surface area contributed by atoms with Crippen molar-refractivity contribution >= 4 is 28.7 Å². The van der Waals surface area contributed by atoms with Crippen LogP contribution < -0.4 is 0 Å². The molecule has 5 nitrogen and oxygen atoms in total. The maximum Gasteiger partial charge on any atom is 0.435 e. The average Bonchev–Trinajstić information content (AvgIpc) is 2.92. The van der Waals surface area contributed by atoms with Crippen LogP contribution in [0.1, 0.15) is 0 Å². The quantitative estimate of drug-likeness (QED) is 0.576. The van der Waals surface area contributed by atoms with Gasteiger partial charge in [0.15, 0.2) is 5.52 Å². The maximum absolute atomic E-state index is 11.7. The van der Waals surface area contributed by atoms with Crippen LogP contribution in [0.25, 0.3) is 11.0 Å². The highest BCUT2D eigenvalue weighted by Gasteiger charge is 2.18. The first-order chi connectivity index (χ1) is 10.3. The summed E-state index contributed by atoms with van der Waals surface area (Å²) in [5, 5.41) is 0. The van der Waals surface area contributed by atoms with Crippen molar-refractivity contribution in [2.24, 2.45) is 0 Å². The van der Waals surface area contributed by atoms with Gasteiger partial charge in [-0.25, -0.2) is 4.98 Å². The number of fused-ring (bicyclic) bond motifs is 1. The number of methoxy groups -OCH3 is 1. The Balaban J connectivity index is 1.88. The highest BCUT2D eigenvalue weighted by molar-refractivity contribution is 7.99. The molecule has 21 heavy (non-hydrogen) atoms. The summed E-state index contributed by atoms with van der Waals surface area (Å²) in [5.41, 5.74) is 1.60. The number of imidazole rings is 1. The van der Waals surface area contributed by atoms with Gasteiger partial charge in [0.1, 0.15) is 5.52 Å². The lowest BCUT2D eigenvalue weighted by Crippen LogP contribution is -2.05. The number of H-pyrrole nitrogens is 1. The number of hydrogen-bond donors (Lipinski definition) is 1. The molecule has 1 N–H and O–H groups in total. The molecule has 0 saturated heterocycles. The summed E-state index contributed by atoms with van der Waals surface area (Å²) in [6.07, 6.45) is 0. The molecule has 0 unspecified atom stereocenters. The summed E-state index contributed by atoms with van der Waals surface area (Å²) in [6, 6.07) is 16.0. The van der Waals surface area contributed by atoms with Gasteiger partial charge in [0.25, 0.3) is 0 Å². The molecule has 106 valence electrons. The third kappa shape index (κ3) is 3.12. The molecular formula is C15H14N3O2S+. The summed E-state index contributed by atoms with van der Waals surface area (Å²) < 4.78 is 5.49. The molecule has 0 atom stereocenters. The van der Waals surface area contributed by atoms with Crippen molar-refractivity contribution in [3.8, 4) is 0 Å². The molecule has 0 radical (unpaired) electrons. The van der Waals surface area contributed by atoms with E-state index >= 15 is 0 Å². The third-order valence-electron chi connectivity index (χ3n) is 2.90. The molecule has 0 amide bonds. The van der Waals surface area contributed by atoms with Crippen LogP contribution in [0.5, 0.6) is 0 Å². The van der Waals surface area contributed by atoms with E-state index in [1.54, 1.807) is 11.8 Å². The zero-order valence-electron chi connectivity index (χ0n) is 11.4. The highest BCUT2D eigenvalue weighted by atomic mass is 32.2. The first kappa shape index (κ1) is 13.8. The van der Waals surface area contributed by atoms with Crippen LogP contribution in [-0.4, -0.2) is 28.6 Å². The van der Waals surface area contributed by atoms with Crippen LogP contribution in [0.3, 0.4) is 0 Å². The average molecular weight is 300 g/mol. The number of nitrogens with one attached hydrogen (secondary N) is 1. The fraction of sp³-hybridized carbons (Fsp3) is 0.133. The molecule has 0 aliphatic rings. The Morgan fingerprint density at radius 2 is 2.00 bits per heavy atom. The summed E-state index contributed by atoms with van der Waals surface area (Å²) in [4.78, 5) is 21.2. The minimum absolute atomic E-state index is 0.0502. The largest absolute Gasteiger partial charge is 0.435 e. The Morgan fingerprint density at radius 3 is 2.76 bits per heavy atom. The van der Waals surface area contributed by atoms with Gasteiger partial charge in [-0.1, -0.05) is 39.9 Å². The van der Waals surface area contributed by atoms with E-state index in [0.717, 1.165) is 15.9 Å². The van der Waals surface area contributed by atoms with Crippen LogP contribution in [-0.2, 0) is 4.74 Å². The van der Waals surface area contributed by atoms with Crippen LogP contribution >= 0.6 is 11.8 Å². The van der Waals surface area contributed by atoms with Gasteiger partial charge in [0, 0.05) is 16.9 Å². The third-order valence-corrected chi connectivity index (χ3v) is 3.90. The monoisotopic (exact) mass is 300 g/mol. The molecule has 3 aromatic rings. The molecule has 0 aliphatic heterocycles. The van der Waals surface area contributed by atoms with E-state index in [1.807, 2.05) is 36.4 Å². The summed E-state index contributed by atoms with van der Waals surface area (Å²) >= 11 is 1.67. The van der Waals surface area contributed by atoms with E-state index in [4.69, 9.17) is 4.74 Å². The Labute approximate surface area is 125 Å². The lowest BCUT2D eigenvalue weighted by Gasteiger charge is -1.99. The number of ether oxygens (including phenoxy) is 1. The second kappa shape index (κ2) is 6.07. The molecule has 0 spiro atoms. The normalized spacial score (nSPS) is 10.9. The Morgan fingerprint density at radius 1 is 1.19 bits per heavy atom. The lowest BCUT2D eigenvalue weighted by atomic mass is 10.3. The van der Waals surface area contributed by atoms with Crippen LogP contribution in [0.15, 0.2) is 58.3 Å². The minimum atomic E-state index is -0.0502. The number of rotatable bonds is 5. The molecule has 3 rings (SSSR count). The van der Waals surface area contributed by atoms with Gasteiger partial charge in [0.05, 0.1) is 0 Å². The summed E-state index contributed by atoms with van der Waals surface area (Å²) in [7, 11) is 1.47. The van der Waals surface area contributed by atoms with Gasteiger partial charge >= 0.3 is 5.95 Å². The van der Waals surface area contributed by atoms with E-state index in [1.165, 1.54) is 12.0 Å². The van der Waals surface area contributed by atoms with Gasteiger partial charge in [0.2, 0.25) is 6.73 Å². The second-order valence-corrected chi connectivity index (χ2v) is 5.60. The number of nitrogens with zero attached hydrogens (tertiary/aromatic N) is 2. The number of aromatic nitrogens is 2. The first-order valence-corrected chi connectivity index (χ1v) is 7.24. The lowest BCUT2D eigenvalue weighted by molar-refractivity contribution is -0.514. The van der Waals surface area contributed by atoms with Crippen molar-refractivity contribution < 1.29 is 9.50 Å². The minimum Gasteiger partial charge on any atom is -0.348 e. The van der Waals surface area contributed by atoms with Crippen molar-refractivity contribution in [2.75, 3.05) is 13.8 Å². The fourth-order valence-corrected chi connectivity index (χ4v) is 2.84. The van der Waals surface area contributed by atoms with E-state index in [9.17, 15) is 4.91 Å². The van der Waals surface area contributed by atoms with Crippen molar-refractivity contribution in [2.45, 2.75) is 9.79 Å². The topological polar surface area (TPSA) is 58.0 Å². The predicted octanol–water partition coefficient (Wildman–Crippen LogP) is 3.73. The molecular weight excluding hydrogens is 286 g/mol. The van der Waals surface area contributed by atoms with Crippen LogP contribution in [0.4, 0.5) is 5.95 Å². The van der Waals surface area contributed by atoms with E-state index < -0.39 is 0 Å². The maximum atomic E-state index is 11.7. The van der Waals surface area contributed by atoms with Gasteiger partial charge in [-0.05, 0) is 35.1 Å². The number of hydrogen-bond acceptors (Lipinski definition) is 4. The zero-order chi connectivity index (χ0) is 14.7. The molecule has 1 heterocycles. The zero-order valence-corrected chi connectivity index (χ0v) is 12.3. The standard InChI is InChI=1S/C15H14N3O2S/c1-20-10-18(19)15-16-13-8-7-12(9-14(13)17-15)21-11-5-3-2-4-6-11/h2-9H,10H2,1H3,(H,16,17)/q+1. The Hall–Kier alpha value is -2.18. The predicted molar refractivity (Wildman–Crippen MR) is 81.8 cm³/mol. The van der Waals surface area contributed by atoms with Crippen LogP contribution in [0.2, 0.25) is 0 Å². The van der Waals surface area contributed by atoms with Crippen molar-refractivity contribution in [1.82, 2.24) is 9.97 Å². The van der Waals surface area contributed by atoms with Crippen molar-refractivity contribution in [3.63, 3.8) is 0 Å². The molecule has 6 heteroatoms. The molecule has 0 bridgehead atoms. The molecule has 1 aromatic heterocycles. The summed E-state index contributed by atoms with van der Waals surface area (Å²) in [6.45, 7) is -0.0502. The van der Waals surface area contributed by atoms with Gasteiger partial charge in [-0.3, -0.25) is 0 Å². The first-order valence-electron chi connectivity index (χ1n) is 6.42. The fourth-order valence-electron chi connectivity index (χ4n) is 1.96. The second-order valence-electron chi connectivity index (χ2n) is 4.45. The Kier molecular flexibility index (Phi) is 3.98. The van der Waals surface area contributed by atoms with E-state index in [2.05, 4.69) is 22.1 Å². The van der Waals surface area contributed by atoms with E-state index in [-0.39, 0.29) is 12.7 Å². The van der Waals surface area contributed by atoms with Crippen LogP contribution in [0, 0.1) is 4.91 Å². The molecule has 0 saturated carbocycles. The molecule has 0 fully saturated rings. The highest BCUT2D eigenvalue weighted by Crippen LogP contribution is 2.29. The van der Waals surface area contributed by atoms with Crippen molar-refractivity contribution in [1.29, 1.82) is 0 Å². The number of nitroso groups, excluding NO2 is 1. The Bertz CT molecular complexity index is 771.